The summed E-state index contributed by atoms with van der Waals surface area (Å²) < 4.78 is 0. The van der Waals surface area contributed by atoms with Crippen molar-refractivity contribution in [3.8, 4) is 5.75 Å². The molecule has 3 aromatic rings. The number of rotatable bonds is 11. The lowest BCUT2D eigenvalue weighted by Gasteiger charge is -2.35. The van der Waals surface area contributed by atoms with Crippen molar-refractivity contribution in [3.63, 3.8) is 0 Å². The van der Waals surface area contributed by atoms with Crippen LogP contribution in [0.15, 0.2) is 54.7 Å². The van der Waals surface area contributed by atoms with Crippen LogP contribution in [0, 0.1) is 0 Å². The Morgan fingerprint density at radius 2 is 1.76 bits per heavy atom. The zero-order valence-electron chi connectivity index (χ0n) is 20.4. The van der Waals surface area contributed by atoms with Crippen LogP contribution >= 0.6 is 0 Å². The molecule has 34 heavy (non-hydrogen) atoms. The van der Waals surface area contributed by atoms with Crippen molar-refractivity contribution in [2.45, 2.75) is 39.0 Å². The number of hydrogen-bond donors (Lipinski definition) is 2. The van der Waals surface area contributed by atoms with Gasteiger partial charge in [0.2, 0.25) is 5.91 Å². The molecule has 0 bridgehead atoms. The van der Waals surface area contributed by atoms with Gasteiger partial charge in [-0.1, -0.05) is 38.0 Å². The third kappa shape index (κ3) is 6.39. The number of piperazine rings is 1. The van der Waals surface area contributed by atoms with Crippen molar-refractivity contribution in [3.05, 3.63) is 60.3 Å². The average Bonchev–Trinajstić information content (AvgIpc) is 3.25. The third-order valence-electron chi connectivity index (χ3n) is 6.85. The quantitative estimate of drug-likeness (QED) is 0.407. The molecule has 6 nitrogen and oxygen atoms in total. The summed E-state index contributed by atoms with van der Waals surface area (Å²) in [5.74, 6) is 0.522. The van der Waals surface area contributed by atoms with Crippen molar-refractivity contribution in [1.82, 2.24) is 14.8 Å². The van der Waals surface area contributed by atoms with Crippen LogP contribution < -0.4 is 4.90 Å². The first-order chi connectivity index (χ1) is 16.6. The van der Waals surface area contributed by atoms with E-state index >= 15 is 0 Å². The molecular weight excluding hydrogens is 424 g/mol. The second kappa shape index (κ2) is 12.0. The fourth-order valence-electron chi connectivity index (χ4n) is 4.84. The summed E-state index contributed by atoms with van der Waals surface area (Å²) in [5, 5.41) is 10.9. The Kier molecular flexibility index (Phi) is 8.61. The zero-order valence-corrected chi connectivity index (χ0v) is 20.4. The summed E-state index contributed by atoms with van der Waals surface area (Å²) in [6, 6.07) is 15.6. The van der Waals surface area contributed by atoms with Gasteiger partial charge in [0.05, 0.1) is 6.54 Å². The van der Waals surface area contributed by atoms with Crippen molar-refractivity contribution in [2.75, 3.05) is 50.7 Å². The number of unbranched alkanes of at least 4 members (excludes halogenated alkanes) is 2. The SMILES string of the molecule is CCCCCN(C(=O)CN1CCN(CCCc2c[nH]c3ccc(O)cc23)CC1)c1ccccc1. The van der Waals surface area contributed by atoms with E-state index in [2.05, 4.69) is 27.9 Å². The van der Waals surface area contributed by atoms with Crippen LogP contribution in [0.3, 0.4) is 0 Å². The third-order valence-corrected chi connectivity index (χ3v) is 6.85. The molecule has 0 aliphatic carbocycles. The van der Waals surface area contributed by atoms with E-state index < -0.39 is 0 Å². The molecular formula is C28H38N4O2. The van der Waals surface area contributed by atoms with Gasteiger partial charge in [-0.25, -0.2) is 0 Å². The number of aromatic amines is 1. The molecule has 1 amide bonds. The van der Waals surface area contributed by atoms with Gasteiger partial charge in [-0.2, -0.15) is 0 Å². The minimum atomic E-state index is 0.207. The van der Waals surface area contributed by atoms with Gasteiger partial charge in [0.1, 0.15) is 5.75 Å². The van der Waals surface area contributed by atoms with Crippen LogP contribution in [-0.2, 0) is 11.2 Å². The summed E-state index contributed by atoms with van der Waals surface area (Å²) >= 11 is 0. The van der Waals surface area contributed by atoms with Crippen molar-refractivity contribution >= 4 is 22.5 Å². The van der Waals surface area contributed by atoms with Crippen LogP contribution in [0.1, 0.15) is 38.2 Å². The number of amides is 1. The van der Waals surface area contributed by atoms with Gasteiger partial charge in [-0.15, -0.1) is 0 Å². The molecule has 1 aliphatic rings. The van der Waals surface area contributed by atoms with Crippen LogP contribution in [0.2, 0.25) is 0 Å². The number of phenolic OH excluding ortho intramolecular Hbond substituents is 1. The number of benzene rings is 2. The predicted octanol–water partition coefficient (Wildman–Crippen LogP) is 4.65. The maximum Gasteiger partial charge on any atom is 0.241 e. The first-order valence-corrected chi connectivity index (χ1v) is 12.7. The number of nitrogens with one attached hydrogen (secondary N) is 1. The van der Waals surface area contributed by atoms with Crippen LogP contribution in [-0.4, -0.2) is 71.6 Å². The number of nitrogens with zero attached hydrogens (tertiary/aromatic N) is 3. The van der Waals surface area contributed by atoms with E-state index in [0.29, 0.717) is 12.3 Å². The number of fused-ring (bicyclic) bond motifs is 1. The number of aryl methyl sites for hydroxylation is 1. The van der Waals surface area contributed by atoms with Gasteiger partial charge in [0, 0.05) is 55.5 Å². The molecule has 2 aromatic carbocycles. The van der Waals surface area contributed by atoms with Crippen LogP contribution in [0.25, 0.3) is 10.9 Å². The number of aromatic hydroxyl groups is 1. The Labute approximate surface area is 203 Å². The number of anilines is 1. The maximum atomic E-state index is 13.2. The van der Waals surface area contributed by atoms with E-state index in [1.807, 2.05) is 47.4 Å². The molecule has 0 saturated carbocycles. The minimum absolute atomic E-state index is 0.207. The van der Waals surface area contributed by atoms with Gasteiger partial charge in [0.15, 0.2) is 0 Å². The van der Waals surface area contributed by atoms with E-state index in [0.717, 1.165) is 88.0 Å². The standard InChI is InChI=1S/C28H38N4O2/c1-2-3-7-15-32(24-10-5-4-6-11-24)28(34)22-31-18-16-30(17-19-31)14-8-9-23-21-29-27-13-12-25(33)20-26(23)27/h4-6,10-13,20-21,29,33H,2-3,7-9,14-19,22H2,1H3. The molecule has 182 valence electrons. The molecule has 0 atom stereocenters. The highest BCUT2D eigenvalue weighted by Crippen LogP contribution is 2.24. The summed E-state index contributed by atoms with van der Waals surface area (Å²) in [4.78, 5) is 23.2. The lowest BCUT2D eigenvalue weighted by Crippen LogP contribution is -2.50. The summed E-state index contributed by atoms with van der Waals surface area (Å²) in [7, 11) is 0. The van der Waals surface area contributed by atoms with Gasteiger partial charge in [-0.05, 0) is 61.7 Å². The first-order valence-electron chi connectivity index (χ1n) is 12.7. The highest BCUT2D eigenvalue weighted by molar-refractivity contribution is 5.94. The highest BCUT2D eigenvalue weighted by atomic mass is 16.3. The van der Waals surface area contributed by atoms with Crippen molar-refractivity contribution in [1.29, 1.82) is 0 Å². The van der Waals surface area contributed by atoms with E-state index in [4.69, 9.17) is 0 Å². The Morgan fingerprint density at radius 1 is 1.00 bits per heavy atom. The molecule has 6 heteroatoms. The molecule has 2 N–H and O–H groups in total. The number of phenols is 1. The monoisotopic (exact) mass is 462 g/mol. The smallest absolute Gasteiger partial charge is 0.241 e. The maximum absolute atomic E-state index is 13.2. The summed E-state index contributed by atoms with van der Waals surface area (Å²) in [6.45, 7) is 8.41. The highest BCUT2D eigenvalue weighted by Gasteiger charge is 2.22. The molecule has 1 aromatic heterocycles. The average molecular weight is 463 g/mol. The minimum Gasteiger partial charge on any atom is -0.508 e. The van der Waals surface area contributed by atoms with Crippen LogP contribution in [0.5, 0.6) is 5.75 Å². The number of para-hydroxylation sites is 1. The fourth-order valence-corrected chi connectivity index (χ4v) is 4.84. The van der Waals surface area contributed by atoms with Crippen molar-refractivity contribution < 1.29 is 9.90 Å². The van der Waals surface area contributed by atoms with Crippen molar-refractivity contribution in [2.24, 2.45) is 0 Å². The lowest BCUT2D eigenvalue weighted by atomic mass is 10.1. The molecule has 1 aliphatic heterocycles. The predicted molar refractivity (Wildman–Crippen MR) is 139 cm³/mol. The Bertz CT molecular complexity index is 1040. The molecule has 4 rings (SSSR count). The molecule has 0 unspecified atom stereocenters. The number of H-pyrrole nitrogens is 1. The summed E-state index contributed by atoms with van der Waals surface area (Å²) in [6.07, 6.45) is 7.48. The number of hydrogen-bond acceptors (Lipinski definition) is 4. The zero-order chi connectivity index (χ0) is 23.8. The molecule has 2 heterocycles. The second-order valence-corrected chi connectivity index (χ2v) is 9.35. The van der Waals surface area contributed by atoms with Gasteiger partial charge >= 0.3 is 0 Å². The Morgan fingerprint density at radius 3 is 2.53 bits per heavy atom. The Hall–Kier alpha value is -2.83. The van der Waals surface area contributed by atoms with E-state index in [1.54, 1.807) is 6.07 Å². The molecule has 0 radical (unpaired) electrons. The van der Waals surface area contributed by atoms with E-state index in [1.165, 1.54) is 5.56 Å². The van der Waals surface area contributed by atoms with Crippen LogP contribution in [0.4, 0.5) is 5.69 Å². The second-order valence-electron chi connectivity index (χ2n) is 9.35. The first kappa shape index (κ1) is 24.3. The molecule has 0 spiro atoms. The largest absolute Gasteiger partial charge is 0.508 e. The number of aromatic nitrogens is 1. The normalized spacial score (nSPS) is 15.1. The topological polar surface area (TPSA) is 62.8 Å². The summed E-state index contributed by atoms with van der Waals surface area (Å²) in [5.41, 5.74) is 3.34. The van der Waals surface area contributed by atoms with Gasteiger partial charge in [-0.3, -0.25) is 9.69 Å². The van der Waals surface area contributed by atoms with Gasteiger partial charge in [0.25, 0.3) is 0 Å². The lowest BCUT2D eigenvalue weighted by molar-refractivity contribution is -0.120. The van der Waals surface area contributed by atoms with Gasteiger partial charge < -0.3 is 19.9 Å². The molecule has 1 saturated heterocycles. The Balaban J connectivity index is 1.22. The van der Waals surface area contributed by atoms with E-state index in [9.17, 15) is 9.90 Å². The van der Waals surface area contributed by atoms with E-state index in [-0.39, 0.29) is 5.91 Å². The number of carbonyl (C=O) groups is 1. The molecule has 1 fully saturated rings. The fraction of sp³-hybridized carbons (Fsp3) is 0.464. The number of carbonyl (C=O) groups excluding carboxylic acids is 1.